The lowest BCUT2D eigenvalue weighted by atomic mass is 9.86. The predicted octanol–water partition coefficient (Wildman–Crippen LogP) is 1.18. The lowest BCUT2D eigenvalue weighted by Crippen LogP contribution is -2.56. The van der Waals surface area contributed by atoms with E-state index in [1.807, 2.05) is 0 Å². The standard InChI is InChI=1S/C25H30F3N5O6/c1-12(35)32-4-2-13(3-5-32)19-8-15(30-39-19)9-20-24(36)23(25(37)21(11-34)38-20)33-10-18(29-31-33)14-6-16(26)22(28)17(27)7-14/h6-7,10,13,19-21,23-25,34,36-37H,2-5,8-9,11H2,1H3/t19-,20+,21+,23+,24-,25-/m0/s1. The molecule has 0 aliphatic carbocycles. The van der Waals surface area contributed by atoms with E-state index in [2.05, 4.69) is 15.5 Å². The van der Waals surface area contributed by atoms with Crippen LogP contribution in [0.4, 0.5) is 13.2 Å². The lowest BCUT2D eigenvalue weighted by Gasteiger charge is -2.42. The summed E-state index contributed by atoms with van der Waals surface area (Å²) in [6, 6.07) is 0.412. The fourth-order valence-electron chi connectivity index (χ4n) is 5.56. The number of carbonyl (C=O) groups is 1. The number of aliphatic hydroxyl groups is 3. The van der Waals surface area contributed by atoms with Gasteiger partial charge in [0.25, 0.3) is 0 Å². The molecule has 2 aromatic rings. The number of hydrogen-bond donors (Lipinski definition) is 3. The Morgan fingerprint density at radius 1 is 1.10 bits per heavy atom. The highest BCUT2D eigenvalue weighted by Gasteiger charge is 2.47. The topological polar surface area (TPSA) is 143 Å². The predicted molar refractivity (Wildman–Crippen MR) is 129 cm³/mol. The molecule has 14 heteroatoms. The van der Waals surface area contributed by atoms with Crippen LogP contribution >= 0.6 is 0 Å². The maximum atomic E-state index is 13.7. The van der Waals surface area contributed by atoms with E-state index in [1.54, 1.807) is 11.8 Å². The van der Waals surface area contributed by atoms with Crippen molar-refractivity contribution in [3.63, 3.8) is 0 Å². The molecule has 1 amide bonds. The molecule has 5 rings (SSSR count). The normalized spacial score (nSPS) is 29.8. The monoisotopic (exact) mass is 553 g/mol. The van der Waals surface area contributed by atoms with Gasteiger partial charge < -0.3 is 29.8 Å². The van der Waals surface area contributed by atoms with Gasteiger partial charge in [0.1, 0.15) is 36.2 Å². The number of halogens is 3. The van der Waals surface area contributed by atoms with Gasteiger partial charge in [0.2, 0.25) is 5.91 Å². The molecule has 1 aromatic carbocycles. The molecule has 0 saturated carbocycles. The Bertz CT molecular complexity index is 1210. The number of benzene rings is 1. The van der Waals surface area contributed by atoms with Crippen LogP contribution < -0.4 is 0 Å². The van der Waals surface area contributed by atoms with Gasteiger partial charge in [-0.25, -0.2) is 17.9 Å². The van der Waals surface area contributed by atoms with Crippen molar-refractivity contribution in [2.75, 3.05) is 19.7 Å². The summed E-state index contributed by atoms with van der Waals surface area (Å²) in [4.78, 5) is 19.1. The van der Waals surface area contributed by atoms with Crippen LogP contribution in [0.1, 0.15) is 38.6 Å². The van der Waals surface area contributed by atoms with Gasteiger partial charge in [-0.1, -0.05) is 10.4 Å². The first kappa shape index (κ1) is 27.5. The first-order valence-corrected chi connectivity index (χ1v) is 12.8. The van der Waals surface area contributed by atoms with E-state index in [1.165, 1.54) is 6.20 Å². The molecule has 0 radical (unpaired) electrons. The SMILES string of the molecule is CC(=O)N1CCC([C@@H]2CC(C[C@H]3O[C@H](CO)[C@H](O)[C@H](n4cc(-c5cc(F)c(F)c(F)c5)nn4)[C@H]3O)=NO2)CC1. The zero-order chi connectivity index (χ0) is 27.8. The Balaban J connectivity index is 1.27. The summed E-state index contributed by atoms with van der Waals surface area (Å²) in [6.45, 7) is 2.33. The van der Waals surface area contributed by atoms with E-state index in [4.69, 9.17) is 9.57 Å². The Morgan fingerprint density at radius 2 is 1.77 bits per heavy atom. The van der Waals surface area contributed by atoms with Gasteiger partial charge in [-0.3, -0.25) is 4.79 Å². The third-order valence-corrected chi connectivity index (χ3v) is 7.79. The van der Waals surface area contributed by atoms with Crippen LogP contribution in [0.2, 0.25) is 0 Å². The summed E-state index contributed by atoms with van der Waals surface area (Å²) >= 11 is 0. The van der Waals surface area contributed by atoms with Crippen LogP contribution in [0.5, 0.6) is 0 Å². The molecule has 212 valence electrons. The van der Waals surface area contributed by atoms with Crippen molar-refractivity contribution in [2.24, 2.45) is 11.1 Å². The maximum Gasteiger partial charge on any atom is 0.219 e. The van der Waals surface area contributed by atoms with E-state index < -0.39 is 54.5 Å². The van der Waals surface area contributed by atoms with E-state index >= 15 is 0 Å². The lowest BCUT2D eigenvalue weighted by molar-refractivity contribution is -0.203. The zero-order valence-electron chi connectivity index (χ0n) is 21.2. The molecule has 0 spiro atoms. The molecule has 39 heavy (non-hydrogen) atoms. The first-order chi connectivity index (χ1) is 18.7. The largest absolute Gasteiger partial charge is 0.394 e. The maximum absolute atomic E-state index is 13.7. The summed E-state index contributed by atoms with van der Waals surface area (Å²) in [7, 11) is 0. The number of hydrogen-bond acceptors (Lipinski definition) is 9. The molecule has 2 saturated heterocycles. The average molecular weight is 554 g/mol. The molecule has 4 heterocycles. The number of likely N-dealkylation sites (tertiary alicyclic amines) is 1. The highest BCUT2D eigenvalue weighted by atomic mass is 19.2. The number of carbonyl (C=O) groups excluding carboxylic acids is 1. The minimum Gasteiger partial charge on any atom is -0.394 e. The number of rotatable bonds is 6. The minimum absolute atomic E-state index is 0.0111. The van der Waals surface area contributed by atoms with Crippen LogP contribution in [0, 0.1) is 23.4 Å². The van der Waals surface area contributed by atoms with Crippen LogP contribution in [0.15, 0.2) is 23.5 Å². The van der Waals surface area contributed by atoms with Crippen molar-refractivity contribution >= 4 is 11.6 Å². The average Bonchev–Trinajstić information content (AvgIpc) is 3.59. The highest BCUT2D eigenvalue weighted by Crippen LogP contribution is 2.35. The number of nitrogens with zero attached hydrogens (tertiary/aromatic N) is 5. The number of aromatic nitrogens is 3. The van der Waals surface area contributed by atoms with Crippen LogP contribution in [-0.4, -0.2) is 97.0 Å². The fourth-order valence-corrected chi connectivity index (χ4v) is 5.56. The van der Waals surface area contributed by atoms with Crippen LogP contribution in [0.3, 0.4) is 0 Å². The molecule has 3 N–H and O–H groups in total. The molecule has 3 aliphatic heterocycles. The zero-order valence-corrected chi connectivity index (χ0v) is 21.2. The molecule has 6 atom stereocenters. The second-order valence-electron chi connectivity index (χ2n) is 10.3. The Labute approximate surface area is 221 Å². The van der Waals surface area contributed by atoms with Gasteiger partial charge in [-0.05, 0) is 25.0 Å². The Kier molecular flexibility index (Phi) is 7.89. The number of ether oxygens (including phenoxy) is 1. The molecule has 11 nitrogen and oxygen atoms in total. The molecule has 0 unspecified atom stereocenters. The summed E-state index contributed by atoms with van der Waals surface area (Å²) in [5.41, 5.74) is 0.561. The fraction of sp³-hybridized carbons (Fsp3) is 0.600. The van der Waals surface area contributed by atoms with E-state index in [9.17, 15) is 33.3 Å². The van der Waals surface area contributed by atoms with Crippen molar-refractivity contribution in [2.45, 2.75) is 69.2 Å². The molecular weight excluding hydrogens is 523 g/mol. The second kappa shape index (κ2) is 11.2. The summed E-state index contributed by atoms with van der Waals surface area (Å²) in [6.07, 6.45) is -1.27. The molecule has 0 bridgehead atoms. The molecule has 2 fully saturated rings. The van der Waals surface area contributed by atoms with Gasteiger partial charge >= 0.3 is 0 Å². The summed E-state index contributed by atoms with van der Waals surface area (Å²) in [5.74, 6) is -4.12. The third kappa shape index (κ3) is 5.51. The van der Waals surface area contributed by atoms with E-state index in [0.29, 0.717) is 25.2 Å². The quantitative estimate of drug-likeness (QED) is 0.453. The van der Waals surface area contributed by atoms with Crippen LogP contribution in [-0.2, 0) is 14.4 Å². The summed E-state index contributed by atoms with van der Waals surface area (Å²) < 4.78 is 47.7. The van der Waals surface area contributed by atoms with Crippen LogP contribution in [0.25, 0.3) is 11.3 Å². The Hall–Kier alpha value is -3.07. The van der Waals surface area contributed by atoms with E-state index in [-0.39, 0.29) is 35.6 Å². The van der Waals surface area contributed by atoms with Crippen molar-refractivity contribution < 1.29 is 42.9 Å². The van der Waals surface area contributed by atoms with Crippen molar-refractivity contribution in [3.8, 4) is 11.3 Å². The second-order valence-corrected chi connectivity index (χ2v) is 10.3. The van der Waals surface area contributed by atoms with Gasteiger partial charge in [0.05, 0.1) is 24.6 Å². The van der Waals surface area contributed by atoms with Crippen molar-refractivity contribution in [3.05, 3.63) is 35.8 Å². The van der Waals surface area contributed by atoms with E-state index in [0.717, 1.165) is 29.7 Å². The third-order valence-electron chi connectivity index (χ3n) is 7.79. The van der Waals surface area contributed by atoms with Crippen molar-refractivity contribution in [1.82, 2.24) is 19.9 Å². The highest BCUT2D eigenvalue weighted by molar-refractivity contribution is 5.86. The summed E-state index contributed by atoms with van der Waals surface area (Å²) in [5, 5.41) is 43.8. The molecular formula is C25H30F3N5O6. The Morgan fingerprint density at radius 3 is 2.41 bits per heavy atom. The number of amides is 1. The van der Waals surface area contributed by atoms with Gasteiger partial charge in [0.15, 0.2) is 17.5 Å². The first-order valence-electron chi connectivity index (χ1n) is 12.8. The molecule has 1 aromatic heterocycles. The minimum atomic E-state index is -1.61. The number of aliphatic hydroxyl groups excluding tert-OH is 3. The van der Waals surface area contributed by atoms with Gasteiger partial charge in [-0.15, -0.1) is 5.10 Å². The molecule has 3 aliphatic rings. The smallest absolute Gasteiger partial charge is 0.219 e. The van der Waals surface area contributed by atoms with Gasteiger partial charge in [0, 0.05) is 44.3 Å². The van der Waals surface area contributed by atoms with Crippen molar-refractivity contribution in [1.29, 1.82) is 0 Å². The number of piperidine rings is 1. The van der Waals surface area contributed by atoms with Gasteiger partial charge in [-0.2, -0.15) is 0 Å². The number of oxime groups is 1.